The van der Waals surface area contributed by atoms with Crippen molar-refractivity contribution < 1.29 is 5.11 Å². The molecule has 0 aliphatic heterocycles. The molecule has 0 radical (unpaired) electrons. The zero-order valence-electron chi connectivity index (χ0n) is 7.07. The number of anilines is 1. The van der Waals surface area contributed by atoms with Crippen LogP contribution in [0, 0.1) is 0 Å². The summed E-state index contributed by atoms with van der Waals surface area (Å²) >= 11 is 0. The van der Waals surface area contributed by atoms with Gasteiger partial charge in [0.25, 0.3) is 0 Å². The van der Waals surface area contributed by atoms with Gasteiger partial charge >= 0.3 is 0 Å². The fourth-order valence-corrected chi connectivity index (χ4v) is 1.41. The maximum Gasteiger partial charge on any atom is 0.0708 e. The summed E-state index contributed by atoms with van der Waals surface area (Å²) in [5.74, 6) is 0. The van der Waals surface area contributed by atoms with Crippen LogP contribution in [0.5, 0.6) is 0 Å². The van der Waals surface area contributed by atoms with Crippen LogP contribution in [0.4, 0.5) is 5.69 Å². The van der Waals surface area contributed by atoms with Crippen LogP contribution >= 0.6 is 0 Å². The quantitative estimate of drug-likeness (QED) is 0.641. The van der Waals surface area contributed by atoms with E-state index in [0.717, 1.165) is 16.5 Å². The fraction of sp³-hybridized carbons (Fsp3) is 0.100. The fourth-order valence-electron chi connectivity index (χ4n) is 1.41. The number of aromatic nitrogens is 1. The number of benzene rings is 1. The van der Waals surface area contributed by atoms with Crippen molar-refractivity contribution in [1.29, 1.82) is 0 Å². The van der Waals surface area contributed by atoms with Gasteiger partial charge in [-0.2, -0.15) is 0 Å². The van der Waals surface area contributed by atoms with Crippen molar-refractivity contribution in [2.75, 3.05) is 5.73 Å². The summed E-state index contributed by atoms with van der Waals surface area (Å²) in [6, 6.07) is 7.36. The second-order valence-corrected chi connectivity index (χ2v) is 2.86. The highest BCUT2D eigenvalue weighted by molar-refractivity contribution is 5.86. The molecule has 0 aliphatic rings. The highest BCUT2D eigenvalue weighted by Crippen LogP contribution is 2.22. The van der Waals surface area contributed by atoms with Gasteiger partial charge in [-0.1, -0.05) is 6.07 Å². The average molecular weight is 174 g/mol. The van der Waals surface area contributed by atoms with Crippen LogP contribution in [0.15, 0.2) is 30.5 Å². The molecule has 0 bridgehead atoms. The standard InChI is InChI=1S/C10H10N2O/c11-9-3-4-10-7(8(9)6-13)2-1-5-12-10/h1-5,13H,6,11H2. The number of pyridine rings is 1. The monoisotopic (exact) mass is 174 g/mol. The zero-order chi connectivity index (χ0) is 9.26. The number of nitrogen functional groups attached to an aromatic ring is 1. The highest BCUT2D eigenvalue weighted by atomic mass is 16.3. The lowest BCUT2D eigenvalue weighted by molar-refractivity contribution is 0.284. The Morgan fingerprint density at radius 2 is 2.15 bits per heavy atom. The molecular weight excluding hydrogens is 164 g/mol. The van der Waals surface area contributed by atoms with Gasteiger partial charge in [-0.3, -0.25) is 4.98 Å². The minimum atomic E-state index is -0.0468. The van der Waals surface area contributed by atoms with Crippen molar-refractivity contribution in [2.45, 2.75) is 6.61 Å². The number of nitrogens with two attached hydrogens (primary N) is 1. The van der Waals surface area contributed by atoms with E-state index in [-0.39, 0.29) is 6.61 Å². The predicted octanol–water partition coefficient (Wildman–Crippen LogP) is 1.31. The number of hydrogen-bond acceptors (Lipinski definition) is 3. The van der Waals surface area contributed by atoms with Crippen LogP contribution < -0.4 is 5.73 Å². The number of aliphatic hydroxyl groups is 1. The Hall–Kier alpha value is -1.61. The molecule has 0 atom stereocenters. The van der Waals surface area contributed by atoms with Gasteiger partial charge in [0.2, 0.25) is 0 Å². The summed E-state index contributed by atoms with van der Waals surface area (Å²) in [7, 11) is 0. The Morgan fingerprint density at radius 3 is 2.92 bits per heavy atom. The van der Waals surface area contributed by atoms with Crippen LogP contribution in [0.25, 0.3) is 10.9 Å². The minimum Gasteiger partial charge on any atom is -0.398 e. The minimum absolute atomic E-state index is 0.0468. The summed E-state index contributed by atoms with van der Waals surface area (Å²) in [6.07, 6.45) is 1.72. The maximum absolute atomic E-state index is 9.11. The summed E-state index contributed by atoms with van der Waals surface area (Å²) in [4.78, 5) is 4.16. The van der Waals surface area contributed by atoms with E-state index in [1.807, 2.05) is 18.2 Å². The van der Waals surface area contributed by atoms with Crippen molar-refractivity contribution in [3.63, 3.8) is 0 Å². The molecule has 1 aromatic carbocycles. The van der Waals surface area contributed by atoms with Crippen molar-refractivity contribution in [1.82, 2.24) is 4.98 Å². The molecule has 0 saturated heterocycles. The molecule has 1 aromatic heterocycles. The second-order valence-electron chi connectivity index (χ2n) is 2.86. The third-order valence-corrected chi connectivity index (χ3v) is 2.09. The third kappa shape index (κ3) is 1.23. The van der Waals surface area contributed by atoms with E-state index >= 15 is 0 Å². The highest BCUT2D eigenvalue weighted by Gasteiger charge is 2.03. The molecule has 66 valence electrons. The summed E-state index contributed by atoms with van der Waals surface area (Å²) in [6.45, 7) is -0.0468. The summed E-state index contributed by atoms with van der Waals surface area (Å²) < 4.78 is 0. The van der Waals surface area contributed by atoms with Crippen LogP contribution in [0.3, 0.4) is 0 Å². The van der Waals surface area contributed by atoms with Crippen molar-refractivity contribution >= 4 is 16.6 Å². The molecule has 1 heterocycles. The summed E-state index contributed by atoms with van der Waals surface area (Å²) in [5, 5.41) is 10.0. The lowest BCUT2D eigenvalue weighted by Crippen LogP contribution is -1.95. The van der Waals surface area contributed by atoms with Gasteiger partial charge < -0.3 is 10.8 Å². The Kier molecular flexibility index (Phi) is 1.87. The molecule has 3 N–H and O–H groups in total. The van der Waals surface area contributed by atoms with Crippen molar-refractivity contribution in [3.8, 4) is 0 Å². The number of nitrogens with zero attached hydrogens (tertiary/aromatic N) is 1. The van der Waals surface area contributed by atoms with Crippen LogP contribution in [-0.4, -0.2) is 10.1 Å². The number of rotatable bonds is 1. The first kappa shape index (κ1) is 8.01. The molecule has 0 aliphatic carbocycles. The van der Waals surface area contributed by atoms with Crippen LogP contribution in [0.2, 0.25) is 0 Å². The van der Waals surface area contributed by atoms with E-state index in [2.05, 4.69) is 4.98 Å². The molecule has 0 saturated carbocycles. The molecule has 0 amide bonds. The number of aliphatic hydroxyl groups excluding tert-OH is 1. The van der Waals surface area contributed by atoms with E-state index < -0.39 is 0 Å². The van der Waals surface area contributed by atoms with E-state index in [0.29, 0.717) is 5.69 Å². The molecule has 3 nitrogen and oxygen atoms in total. The molecule has 3 heteroatoms. The predicted molar refractivity (Wildman–Crippen MR) is 52.1 cm³/mol. The number of hydrogen-bond donors (Lipinski definition) is 2. The molecule has 13 heavy (non-hydrogen) atoms. The first-order valence-electron chi connectivity index (χ1n) is 4.06. The second kappa shape index (κ2) is 3.03. The number of fused-ring (bicyclic) bond motifs is 1. The first-order valence-corrected chi connectivity index (χ1v) is 4.06. The van der Waals surface area contributed by atoms with Gasteiger partial charge in [0.05, 0.1) is 12.1 Å². The van der Waals surface area contributed by atoms with Gasteiger partial charge in [-0.15, -0.1) is 0 Å². The van der Waals surface area contributed by atoms with Crippen LogP contribution in [-0.2, 0) is 6.61 Å². The first-order chi connectivity index (χ1) is 6.33. The largest absolute Gasteiger partial charge is 0.398 e. The molecule has 0 spiro atoms. The van der Waals surface area contributed by atoms with E-state index in [9.17, 15) is 0 Å². The van der Waals surface area contributed by atoms with E-state index in [4.69, 9.17) is 10.8 Å². The Labute approximate surface area is 75.8 Å². The van der Waals surface area contributed by atoms with Crippen molar-refractivity contribution in [2.24, 2.45) is 0 Å². The zero-order valence-corrected chi connectivity index (χ0v) is 7.07. The van der Waals surface area contributed by atoms with E-state index in [1.165, 1.54) is 0 Å². The molecule has 2 rings (SSSR count). The topological polar surface area (TPSA) is 59.1 Å². The van der Waals surface area contributed by atoms with Gasteiger partial charge in [-0.05, 0) is 18.2 Å². The van der Waals surface area contributed by atoms with Crippen molar-refractivity contribution in [3.05, 3.63) is 36.0 Å². The molecular formula is C10H10N2O. The lowest BCUT2D eigenvalue weighted by atomic mass is 10.1. The molecule has 0 unspecified atom stereocenters. The smallest absolute Gasteiger partial charge is 0.0708 e. The van der Waals surface area contributed by atoms with Crippen LogP contribution in [0.1, 0.15) is 5.56 Å². The Balaban J connectivity index is 2.84. The average Bonchev–Trinajstić information content (AvgIpc) is 2.18. The SMILES string of the molecule is Nc1ccc2ncccc2c1CO. The van der Waals surface area contributed by atoms with E-state index in [1.54, 1.807) is 12.3 Å². The Bertz CT molecular complexity index is 440. The van der Waals surface area contributed by atoms with Gasteiger partial charge in [-0.25, -0.2) is 0 Å². The molecule has 0 fully saturated rings. The van der Waals surface area contributed by atoms with Gasteiger partial charge in [0.15, 0.2) is 0 Å². The van der Waals surface area contributed by atoms with Gasteiger partial charge in [0, 0.05) is 22.8 Å². The normalized spacial score (nSPS) is 10.5. The summed E-state index contributed by atoms with van der Waals surface area (Å²) in [5.41, 5.74) is 7.94. The van der Waals surface area contributed by atoms with Gasteiger partial charge in [0.1, 0.15) is 0 Å². The third-order valence-electron chi connectivity index (χ3n) is 2.09. The molecule has 2 aromatic rings. The lowest BCUT2D eigenvalue weighted by Gasteiger charge is -2.05. The Morgan fingerprint density at radius 1 is 1.31 bits per heavy atom. The maximum atomic E-state index is 9.11.